The first kappa shape index (κ1) is 14.9. The van der Waals surface area contributed by atoms with Crippen molar-refractivity contribution in [2.45, 2.75) is 19.1 Å². The van der Waals surface area contributed by atoms with E-state index >= 15 is 0 Å². The molecule has 5 nitrogen and oxygen atoms in total. The maximum atomic E-state index is 12.7. The third kappa shape index (κ3) is 3.21. The molecule has 8 heteroatoms. The van der Waals surface area contributed by atoms with Gasteiger partial charge >= 0.3 is 12.1 Å². The summed E-state index contributed by atoms with van der Waals surface area (Å²) in [7, 11) is 1.13. The fraction of sp³-hybridized carbons (Fsp3) is 0.364. The van der Waals surface area contributed by atoms with Gasteiger partial charge < -0.3 is 10.0 Å². The summed E-state index contributed by atoms with van der Waals surface area (Å²) < 4.78 is 38.1. The van der Waals surface area contributed by atoms with Crippen LogP contribution in [-0.4, -0.2) is 40.0 Å². The maximum absolute atomic E-state index is 12.7. The zero-order chi connectivity index (χ0) is 14.8. The van der Waals surface area contributed by atoms with Crippen LogP contribution >= 0.6 is 0 Å². The minimum absolute atomic E-state index is 0.534. The summed E-state index contributed by atoms with van der Waals surface area (Å²) in [4.78, 5) is 26.7. The number of carboxylic acids is 1. The predicted molar refractivity (Wildman–Crippen MR) is 58.4 cm³/mol. The number of hydrogen-bond donors (Lipinski definition) is 1. The zero-order valence-corrected chi connectivity index (χ0v) is 10.1. The van der Waals surface area contributed by atoms with Gasteiger partial charge in [-0.15, -0.1) is 0 Å². The second-order valence-corrected chi connectivity index (χ2v) is 3.85. The van der Waals surface area contributed by atoms with Crippen LogP contribution in [-0.2, 0) is 11.0 Å². The van der Waals surface area contributed by atoms with Gasteiger partial charge in [0.15, 0.2) is 0 Å². The number of alkyl halides is 3. The predicted octanol–water partition coefficient (Wildman–Crippen LogP) is 1.65. The van der Waals surface area contributed by atoms with Crippen LogP contribution < -0.4 is 0 Å². The first-order valence-electron chi connectivity index (χ1n) is 5.17. The minimum Gasteiger partial charge on any atom is -0.480 e. The number of nitrogens with zero attached hydrogens (tertiary/aromatic N) is 2. The molecular formula is C11H11F3N2O3. The Morgan fingerprint density at radius 2 is 2.00 bits per heavy atom. The average molecular weight is 276 g/mol. The number of aliphatic carboxylic acids is 1. The van der Waals surface area contributed by atoms with Gasteiger partial charge in [0, 0.05) is 19.4 Å². The molecule has 1 aromatic heterocycles. The summed E-state index contributed by atoms with van der Waals surface area (Å²) in [5, 5.41) is 8.75. The molecule has 0 aliphatic carbocycles. The molecule has 19 heavy (non-hydrogen) atoms. The van der Waals surface area contributed by atoms with Crippen molar-refractivity contribution in [1.29, 1.82) is 0 Å². The van der Waals surface area contributed by atoms with Gasteiger partial charge in [-0.25, -0.2) is 4.79 Å². The molecule has 1 atom stereocenters. The Morgan fingerprint density at radius 1 is 1.42 bits per heavy atom. The Morgan fingerprint density at radius 3 is 2.47 bits per heavy atom. The van der Waals surface area contributed by atoms with Crippen LogP contribution in [0.25, 0.3) is 0 Å². The highest BCUT2D eigenvalue weighted by molar-refractivity contribution is 5.97. The number of pyridine rings is 1. The third-order valence-electron chi connectivity index (χ3n) is 2.62. The topological polar surface area (TPSA) is 70.5 Å². The third-order valence-corrected chi connectivity index (χ3v) is 2.62. The molecule has 104 valence electrons. The van der Waals surface area contributed by atoms with Crippen LogP contribution in [0.3, 0.4) is 0 Å². The van der Waals surface area contributed by atoms with Crippen molar-refractivity contribution in [3.8, 4) is 0 Å². The number of carbonyl (C=O) groups excluding carboxylic acids is 1. The monoisotopic (exact) mass is 276 g/mol. The van der Waals surface area contributed by atoms with E-state index in [9.17, 15) is 22.8 Å². The fourth-order valence-electron chi connectivity index (χ4n) is 1.34. The van der Waals surface area contributed by atoms with Gasteiger partial charge in [-0.1, -0.05) is 0 Å². The van der Waals surface area contributed by atoms with Crippen molar-refractivity contribution in [3.05, 3.63) is 29.6 Å². The maximum Gasteiger partial charge on any atom is 0.418 e. The number of hydrogen-bond acceptors (Lipinski definition) is 3. The second kappa shape index (κ2) is 5.25. The van der Waals surface area contributed by atoms with E-state index in [0.717, 1.165) is 24.2 Å². The number of likely N-dealkylation sites (N-methyl/N-ethyl adjacent to an activating group) is 1. The van der Waals surface area contributed by atoms with E-state index < -0.39 is 35.2 Å². The molecule has 0 saturated carbocycles. The van der Waals surface area contributed by atoms with Crippen molar-refractivity contribution in [3.63, 3.8) is 0 Å². The summed E-state index contributed by atoms with van der Waals surface area (Å²) in [6, 6.07) is -0.322. The van der Waals surface area contributed by atoms with Crippen LogP contribution in [0.15, 0.2) is 18.5 Å². The lowest BCUT2D eigenvalue weighted by atomic mass is 10.1. The van der Waals surface area contributed by atoms with Crippen molar-refractivity contribution >= 4 is 11.9 Å². The van der Waals surface area contributed by atoms with Gasteiger partial charge in [-0.05, 0) is 13.0 Å². The molecule has 0 radical (unpaired) electrons. The summed E-state index contributed by atoms with van der Waals surface area (Å²) in [6.07, 6.45) is -3.15. The Labute approximate surface area is 106 Å². The fourth-order valence-corrected chi connectivity index (χ4v) is 1.34. The second-order valence-electron chi connectivity index (χ2n) is 3.85. The molecule has 1 unspecified atom stereocenters. The lowest BCUT2D eigenvalue weighted by Crippen LogP contribution is -2.40. The van der Waals surface area contributed by atoms with Crippen LogP contribution in [0, 0.1) is 0 Å². The quantitative estimate of drug-likeness (QED) is 0.911. The van der Waals surface area contributed by atoms with E-state index in [1.54, 1.807) is 0 Å². The van der Waals surface area contributed by atoms with Crippen LogP contribution in [0.5, 0.6) is 0 Å². The number of halogens is 3. The van der Waals surface area contributed by atoms with E-state index in [2.05, 4.69) is 4.98 Å². The van der Waals surface area contributed by atoms with Crippen LogP contribution in [0.1, 0.15) is 22.8 Å². The highest BCUT2D eigenvalue weighted by Crippen LogP contribution is 2.31. The highest BCUT2D eigenvalue weighted by Gasteiger charge is 2.37. The summed E-state index contributed by atoms with van der Waals surface area (Å²) in [5.74, 6) is -2.33. The van der Waals surface area contributed by atoms with Gasteiger partial charge in [0.2, 0.25) is 0 Å². The Hall–Kier alpha value is -2.12. The molecule has 0 spiro atoms. The Balaban J connectivity index is 3.17. The lowest BCUT2D eigenvalue weighted by molar-refractivity contribution is -0.141. The first-order chi connectivity index (χ1) is 8.66. The minimum atomic E-state index is -4.73. The molecule has 1 rings (SSSR count). The van der Waals surface area contributed by atoms with Crippen molar-refractivity contribution < 1.29 is 27.9 Å². The molecule has 0 saturated heterocycles. The van der Waals surface area contributed by atoms with E-state index in [4.69, 9.17) is 5.11 Å². The lowest BCUT2D eigenvalue weighted by Gasteiger charge is -2.23. The molecule has 1 amide bonds. The van der Waals surface area contributed by atoms with Crippen LogP contribution in [0.2, 0.25) is 0 Å². The van der Waals surface area contributed by atoms with E-state index in [-0.39, 0.29) is 0 Å². The number of amides is 1. The molecule has 0 aliphatic heterocycles. The number of aromatic nitrogens is 1. The normalized spacial score (nSPS) is 12.9. The number of rotatable bonds is 3. The summed E-state index contributed by atoms with van der Waals surface area (Å²) in [5.41, 5.74) is -1.82. The summed E-state index contributed by atoms with van der Waals surface area (Å²) >= 11 is 0. The molecule has 0 aliphatic rings. The Bertz CT molecular complexity index is 502. The van der Waals surface area contributed by atoms with E-state index in [1.807, 2.05) is 0 Å². The standard InChI is InChI=1S/C11H11F3N2O3/c1-6(10(18)19)16(2)9(17)7-3-4-15-5-8(7)11(12,13)14/h3-6H,1-2H3,(H,18,19). The molecule has 0 aromatic carbocycles. The molecular weight excluding hydrogens is 265 g/mol. The van der Waals surface area contributed by atoms with Gasteiger partial charge in [0.25, 0.3) is 5.91 Å². The first-order valence-corrected chi connectivity index (χ1v) is 5.17. The largest absolute Gasteiger partial charge is 0.480 e. The van der Waals surface area contributed by atoms with Gasteiger partial charge in [-0.2, -0.15) is 13.2 Å². The number of carboxylic acid groups (broad SMARTS) is 1. The van der Waals surface area contributed by atoms with Crippen molar-refractivity contribution in [2.24, 2.45) is 0 Å². The molecule has 1 aromatic rings. The Kier molecular flexibility index (Phi) is 4.13. The smallest absolute Gasteiger partial charge is 0.418 e. The van der Waals surface area contributed by atoms with E-state index in [0.29, 0.717) is 6.20 Å². The van der Waals surface area contributed by atoms with Gasteiger partial charge in [0.05, 0.1) is 11.1 Å². The zero-order valence-electron chi connectivity index (χ0n) is 10.1. The van der Waals surface area contributed by atoms with E-state index in [1.165, 1.54) is 6.92 Å². The van der Waals surface area contributed by atoms with Gasteiger partial charge in [-0.3, -0.25) is 9.78 Å². The average Bonchev–Trinajstić information content (AvgIpc) is 2.35. The van der Waals surface area contributed by atoms with Crippen LogP contribution in [0.4, 0.5) is 13.2 Å². The van der Waals surface area contributed by atoms with Gasteiger partial charge in [0.1, 0.15) is 6.04 Å². The highest BCUT2D eigenvalue weighted by atomic mass is 19.4. The molecule has 1 heterocycles. The molecule has 1 N–H and O–H groups in total. The SMILES string of the molecule is CC(C(=O)O)N(C)C(=O)c1ccncc1C(F)(F)F. The molecule has 0 fully saturated rings. The van der Waals surface area contributed by atoms with Crippen molar-refractivity contribution in [2.75, 3.05) is 7.05 Å². The summed E-state index contributed by atoms with van der Waals surface area (Å²) in [6.45, 7) is 1.20. The molecule has 0 bridgehead atoms. The van der Waals surface area contributed by atoms with Crippen molar-refractivity contribution in [1.82, 2.24) is 9.88 Å². The number of carbonyl (C=O) groups is 2.